The van der Waals surface area contributed by atoms with Gasteiger partial charge in [0.1, 0.15) is 12.0 Å². The molecule has 0 spiro atoms. The lowest BCUT2D eigenvalue weighted by Crippen LogP contribution is -2.14. The van der Waals surface area contributed by atoms with E-state index >= 15 is 0 Å². The third kappa shape index (κ3) is 1.76. The highest BCUT2D eigenvalue weighted by molar-refractivity contribution is 5.55. The van der Waals surface area contributed by atoms with Gasteiger partial charge in [-0.25, -0.2) is 15.0 Å². The van der Waals surface area contributed by atoms with E-state index in [4.69, 9.17) is 0 Å². The van der Waals surface area contributed by atoms with Crippen LogP contribution in [-0.4, -0.2) is 19.9 Å². The first-order valence-corrected chi connectivity index (χ1v) is 4.51. The normalized spacial score (nSPS) is 10.3. The number of nitrogens with one attached hydrogen (secondary N) is 1. The summed E-state index contributed by atoms with van der Waals surface area (Å²) < 4.78 is 0. The molecule has 76 valence electrons. The zero-order valence-electron chi connectivity index (χ0n) is 8.48. The maximum atomic E-state index is 11.6. The summed E-state index contributed by atoms with van der Waals surface area (Å²) in [5.41, 5.74) is 2.35. The van der Waals surface area contributed by atoms with Crippen LogP contribution < -0.4 is 5.56 Å². The van der Waals surface area contributed by atoms with Crippen molar-refractivity contribution >= 4 is 0 Å². The summed E-state index contributed by atoms with van der Waals surface area (Å²) >= 11 is 0. The quantitative estimate of drug-likeness (QED) is 0.743. The lowest BCUT2D eigenvalue weighted by atomic mass is 10.2. The van der Waals surface area contributed by atoms with Crippen LogP contribution in [0.5, 0.6) is 0 Å². The van der Waals surface area contributed by atoms with Crippen molar-refractivity contribution in [3.8, 4) is 11.3 Å². The zero-order chi connectivity index (χ0) is 10.8. The van der Waals surface area contributed by atoms with Gasteiger partial charge in [0.05, 0.1) is 5.69 Å². The van der Waals surface area contributed by atoms with Gasteiger partial charge in [-0.2, -0.15) is 0 Å². The van der Waals surface area contributed by atoms with Gasteiger partial charge in [0.25, 0.3) is 5.56 Å². The SMILES string of the molecule is Cc1nc(-c2cncnc2)c(=O)[nH]c1C. The molecule has 1 N–H and O–H groups in total. The van der Waals surface area contributed by atoms with E-state index in [2.05, 4.69) is 19.9 Å². The van der Waals surface area contributed by atoms with Gasteiger partial charge in [-0.1, -0.05) is 0 Å². The van der Waals surface area contributed by atoms with Crippen molar-refractivity contribution in [3.05, 3.63) is 40.5 Å². The van der Waals surface area contributed by atoms with Gasteiger partial charge in [0, 0.05) is 23.7 Å². The Hall–Kier alpha value is -2.04. The molecule has 0 saturated carbocycles. The van der Waals surface area contributed by atoms with Crippen molar-refractivity contribution < 1.29 is 0 Å². The molecule has 2 aromatic heterocycles. The molecule has 15 heavy (non-hydrogen) atoms. The Kier molecular flexibility index (Phi) is 2.29. The highest BCUT2D eigenvalue weighted by Crippen LogP contribution is 2.10. The Morgan fingerprint density at radius 3 is 2.53 bits per heavy atom. The van der Waals surface area contributed by atoms with E-state index in [-0.39, 0.29) is 5.56 Å². The Morgan fingerprint density at radius 2 is 1.87 bits per heavy atom. The smallest absolute Gasteiger partial charge is 0.274 e. The minimum absolute atomic E-state index is 0.215. The fourth-order valence-electron chi connectivity index (χ4n) is 1.24. The maximum absolute atomic E-state index is 11.6. The minimum atomic E-state index is -0.215. The lowest BCUT2D eigenvalue weighted by molar-refractivity contribution is 1.01. The van der Waals surface area contributed by atoms with Gasteiger partial charge in [-0.05, 0) is 13.8 Å². The lowest BCUT2D eigenvalue weighted by Gasteiger charge is -2.02. The first-order valence-electron chi connectivity index (χ1n) is 4.51. The predicted octanol–water partition coefficient (Wildman–Crippen LogP) is 0.844. The fourth-order valence-corrected chi connectivity index (χ4v) is 1.24. The van der Waals surface area contributed by atoms with Crippen LogP contribution in [0.1, 0.15) is 11.4 Å². The van der Waals surface area contributed by atoms with Crippen LogP contribution in [0.15, 0.2) is 23.5 Å². The van der Waals surface area contributed by atoms with E-state index in [0.717, 1.165) is 11.4 Å². The molecule has 2 heterocycles. The predicted molar refractivity (Wildman–Crippen MR) is 55.4 cm³/mol. The number of hydrogen-bond donors (Lipinski definition) is 1. The molecule has 0 radical (unpaired) electrons. The van der Waals surface area contributed by atoms with Gasteiger partial charge in [0.2, 0.25) is 0 Å². The molecule has 0 aliphatic carbocycles. The van der Waals surface area contributed by atoms with Crippen LogP contribution in [0.2, 0.25) is 0 Å². The Morgan fingerprint density at radius 1 is 1.20 bits per heavy atom. The van der Waals surface area contributed by atoms with Gasteiger partial charge in [0.15, 0.2) is 0 Å². The van der Waals surface area contributed by atoms with Crippen molar-refractivity contribution in [2.24, 2.45) is 0 Å². The Bertz CT molecular complexity index is 533. The third-order valence-corrected chi connectivity index (χ3v) is 2.17. The number of nitrogens with zero attached hydrogens (tertiary/aromatic N) is 3. The molecule has 5 nitrogen and oxygen atoms in total. The molecule has 0 fully saturated rings. The Balaban J connectivity index is 2.65. The van der Waals surface area contributed by atoms with Crippen LogP contribution >= 0.6 is 0 Å². The number of rotatable bonds is 1. The van der Waals surface area contributed by atoms with Crippen molar-refractivity contribution in [1.29, 1.82) is 0 Å². The second kappa shape index (κ2) is 3.61. The maximum Gasteiger partial charge on any atom is 0.274 e. The number of H-pyrrole nitrogens is 1. The second-order valence-corrected chi connectivity index (χ2v) is 3.25. The molecule has 2 rings (SSSR count). The summed E-state index contributed by atoms with van der Waals surface area (Å²) in [5.74, 6) is 0. The summed E-state index contributed by atoms with van der Waals surface area (Å²) in [6.45, 7) is 3.66. The first-order chi connectivity index (χ1) is 7.18. The summed E-state index contributed by atoms with van der Waals surface area (Å²) in [6, 6.07) is 0. The zero-order valence-corrected chi connectivity index (χ0v) is 8.48. The number of aromatic nitrogens is 4. The van der Waals surface area contributed by atoms with Crippen LogP contribution in [0.3, 0.4) is 0 Å². The third-order valence-electron chi connectivity index (χ3n) is 2.17. The van der Waals surface area contributed by atoms with Crippen LogP contribution in [0.25, 0.3) is 11.3 Å². The van der Waals surface area contributed by atoms with Crippen molar-refractivity contribution in [3.63, 3.8) is 0 Å². The van der Waals surface area contributed by atoms with E-state index in [1.807, 2.05) is 13.8 Å². The topological polar surface area (TPSA) is 71.5 Å². The highest BCUT2D eigenvalue weighted by Gasteiger charge is 2.07. The van der Waals surface area contributed by atoms with E-state index in [1.165, 1.54) is 6.33 Å². The molecule has 0 bridgehead atoms. The molecule has 0 aromatic carbocycles. The monoisotopic (exact) mass is 202 g/mol. The number of aryl methyl sites for hydroxylation is 2. The van der Waals surface area contributed by atoms with Crippen LogP contribution in [0, 0.1) is 13.8 Å². The first kappa shape index (κ1) is 9.51. The summed E-state index contributed by atoms with van der Waals surface area (Å²) in [6.07, 6.45) is 4.55. The van der Waals surface area contributed by atoms with Gasteiger partial charge < -0.3 is 4.98 Å². The van der Waals surface area contributed by atoms with E-state index in [1.54, 1.807) is 12.4 Å². The fraction of sp³-hybridized carbons (Fsp3) is 0.200. The van der Waals surface area contributed by atoms with E-state index in [0.29, 0.717) is 11.3 Å². The molecule has 5 heteroatoms. The number of hydrogen-bond acceptors (Lipinski definition) is 4. The average Bonchev–Trinajstić information content (AvgIpc) is 2.25. The van der Waals surface area contributed by atoms with Gasteiger partial charge >= 0.3 is 0 Å². The molecular weight excluding hydrogens is 192 g/mol. The average molecular weight is 202 g/mol. The molecule has 2 aromatic rings. The van der Waals surface area contributed by atoms with Crippen molar-refractivity contribution in [2.45, 2.75) is 13.8 Å². The number of aromatic amines is 1. The Labute approximate surface area is 86.3 Å². The molecule has 0 saturated heterocycles. The van der Waals surface area contributed by atoms with Crippen LogP contribution in [0.4, 0.5) is 0 Å². The summed E-state index contributed by atoms with van der Waals surface area (Å²) in [7, 11) is 0. The molecule has 0 aliphatic rings. The van der Waals surface area contributed by atoms with Gasteiger partial charge in [-0.15, -0.1) is 0 Å². The van der Waals surface area contributed by atoms with E-state index in [9.17, 15) is 4.79 Å². The molecule has 0 aliphatic heterocycles. The molecular formula is C10H10N4O. The van der Waals surface area contributed by atoms with Crippen molar-refractivity contribution in [1.82, 2.24) is 19.9 Å². The molecule has 0 unspecified atom stereocenters. The van der Waals surface area contributed by atoms with Crippen LogP contribution in [-0.2, 0) is 0 Å². The minimum Gasteiger partial charge on any atom is -0.323 e. The largest absolute Gasteiger partial charge is 0.323 e. The highest BCUT2D eigenvalue weighted by atomic mass is 16.1. The van der Waals surface area contributed by atoms with Crippen molar-refractivity contribution in [2.75, 3.05) is 0 Å². The summed E-state index contributed by atoms with van der Waals surface area (Å²) in [5, 5.41) is 0. The van der Waals surface area contributed by atoms with E-state index < -0.39 is 0 Å². The summed E-state index contributed by atoms with van der Waals surface area (Å²) in [4.78, 5) is 26.3. The van der Waals surface area contributed by atoms with Gasteiger partial charge in [-0.3, -0.25) is 4.79 Å². The molecule has 0 atom stereocenters. The molecule has 0 amide bonds. The second-order valence-electron chi connectivity index (χ2n) is 3.25. The standard InChI is InChI=1S/C10H10N4O/c1-6-7(2)14-10(15)9(13-6)8-3-11-5-12-4-8/h3-5H,1-2H3,(H,14,15).